The molecule has 0 aliphatic heterocycles. The number of aliphatic hydroxyl groups excluding tert-OH is 1. The molecule has 0 bridgehead atoms. The van der Waals surface area contributed by atoms with E-state index in [0.717, 1.165) is 17.8 Å². The molecule has 0 unspecified atom stereocenters. The van der Waals surface area contributed by atoms with E-state index < -0.39 is 0 Å². The maximum atomic E-state index is 9.12. The van der Waals surface area contributed by atoms with Crippen LogP contribution in [0.25, 0.3) is 0 Å². The summed E-state index contributed by atoms with van der Waals surface area (Å²) in [7, 11) is 2.08. The molecule has 1 aromatic heterocycles. The van der Waals surface area contributed by atoms with Crippen LogP contribution < -0.4 is 4.90 Å². The summed E-state index contributed by atoms with van der Waals surface area (Å²) in [6.07, 6.45) is 0. The second kappa shape index (κ2) is 5.50. The molecule has 3 nitrogen and oxygen atoms in total. The minimum absolute atomic E-state index is 0.0960. The SMILES string of the molecule is Cc1cc(CO)ccc1N(C)Cc1scnc1C. The number of rotatable bonds is 4. The molecule has 0 radical (unpaired) electrons. The number of aliphatic hydroxyl groups is 1. The second-order valence-electron chi connectivity index (χ2n) is 4.50. The third kappa shape index (κ3) is 2.71. The lowest BCUT2D eigenvalue weighted by atomic mass is 10.1. The Balaban J connectivity index is 2.19. The summed E-state index contributed by atoms with van der Waals surface area (Å²) in [5.41, 5.74) is 6.33. The van der Waals surface area contributed by atoms with Crippen molar-refractivity contribution in [1.82, 2.24) is 4.98 Å². The van der Waals surface area contributed by atoms with Gasteiger partial charge < -0.3 is 10.0 Å². The molecule has 0 aliphatic carbocycles. The van der Waals surface area contributed by atoms with E-state index in [0.29, 0.717) is 0 Å². The van der Waals surface area contributed by atoms with Crippen molar-refractivity contribution in [3.8, 4) is 0 Å². The van der Waals surface area contributed by atoms with E-state index in [9.17, 15) is 0 Å². The molecule has 0 saturated heterocycles. The Labute approximate surface area is 112 Å². The molecular weight excluding hydrogens is 244 g/mol. The van der Waals surface area contributed by atoms with E-state index in [4.69, 9.17) is 5.11 Å². The molecule has 0 atom stereocenters. The average Bonchev–Trinajstić information content (AvgIpc) is 2.74. The zero-order chi connectivity index (χ0) is 13.1. The summed E-state index contributed by atoms with van der Waals surface area (Å²) in [6, 6.07) is 6.07. The van der Waals surface area contributed by atoms with Gasteiger partial charge in [0.1, 0.15) is 0 Å². The molecular formula is C14H18N2OS. The van der Waals surface area contributed by atoms with Crippen molar-refractivity contribution in [3.63, 3.8) is 0 Å². The molecule has 0 spiro atoms. The fraction of sp³-hybridized carbons (Fsp3) is 0.357. The van der Waals surface area contributed by atoms with Crippen LogP contribution in [0.15, 0.2) is 23.7 Å². The Morgan fingerprint density at radius 1 is 1.33 bits per heavy atom. The first-order valence-electron chi connectivity index (χ1n) is 5.92. The number of hydrogen-bond acceptors (Lipinski definition) is 4. The second-order valence-corrected chi connectivity index (χ2v) is 5.44. The lowest BCUT2D eigenvalue weighted by Crippen LogP contribution is -2.17. The molecule has 1 aromatic carbocycles. The number of aryl methyl sites for hydroxylation is 2. The highest BCUT2D eigenvalue weighted by Crippen LogP contribution is 2.23. The number of aromatic nitrogens is 1. The lowest BCUT2D eigenvalue weighted by Gasteiger charge is -2.21. The average molecular weight is 262 g/mol. The summed E-state index contributed by atoms with van der Waals surface area (Å²) in [4.78, 5) is 7.79. The number of benzene rings is 1. The van der Waals surface area contributed by atoms with Gasteiger partial charge >= 0.3 is 0 Å². The maximum absolute atomic E-state index is 9.12. The Bertz CT molecular complexity index is 536. The Morgan fingerprint density at radius 3 is 2.67 bits per heavy atom. The molecule has 0 fully saturated rings. The van der Waals surface area contributed by atoms with E-state index in [1.807, 2.05) is 24.6 Å². The highest BCUT2D eigenvalue weighted by molar-refractivity contribution is 7.09. The van der Waals surface area contributed by atoms with Gasteiger partial charge in [-0.15, -0.1) is 11.3 Å². The van der Waals surface area contributed by atoms with Gasteiger partial charge in [-0.05, 0) is 31.0 Å². The van der Waals surface area contributed by atoms with Crippen molar-refractivity contribution in [1.29, 1.82) is 0 Å². The van der Waals surface area contributed by atoms with Crippen LogP contribution in [-0.4, -0.2) is 17.1 Å². The third-order valence-electron chi connectivity index (χ3n) is 3.08. The monoisotopic (exact) mass is 262 g/mol. The van der Waals surface area contributed by atoms with Crippen LogP contribution in [0.5, 0.6) is 0 Å². The Morgan fingerprint density at radius 2 is 2.11 bits per heavy atom. The number of hydrogen-bond donors (Lipinski definition) is 1. The molecule has 0 aliphatic rings. The zero-order valence-electron chi connectivity index (χ0n) is 11.0. The minimum atomic E-state index is 0.0960. The molecule has 1 N–H and O–H groups in total. The maximum Gasteiger partial charge on any atom is 0.0798 e. The lowest BCUT2D eigenvalue weighted by molar-refractivity contribution is 0.282. The van der Waals surface area contributed by atoms with Crippen molar-refractivity contribution in [2.45, 2.75) is 27.0 Å². The van der Waals surface area contributed by atoms with Crippen molar-refractivity contribution in [3.05, 3.63) is 45.4 Å². The van der Waals surface area contributed by atoms with Crippen LogP contribution in [0.1, 0.15) is 21.7 Å². The van der Waals surface area contributed by atoms with Gasteiger partial charge in [-0.25, -0.2) is 4.98 Å². The van der Waals surface area contributed by atoms with Gasteiger partial charge in [0.05, 0.1) is 24.4 Å². The summed E-state index contributed by atoms with van der Waals surface area (Å²) < 4.78 is 0. The summed E-state index contributed by atoms with van der Waals surface area (Å²) in [6.45, 7) is 5.08. The first-order valence-corrected chi connectivity index (χ1v) is 6.80. The quantitative estimate of drug-likeness (QED) is 0.920. The number of anilines is 1. The van der Waals surface area contributed by atoms with Crippen molar-refractivity contribution < 1.29 is 5.11 Å². The van der Waals surface area contributed by atoms with Crippen molar-refractivity contribution in [2.24, 2.45) is 0 Å². The van der Waals surface area contributed by atoms with E-state index in [-0.39, 0.29) is 6.61 Å². The highest BCUT2D eigenvalue weighted by atomic mass is 32.1. The first-order chi connectivity index (χ1) is 8.61. The zero-order valence-corrected chi connectivity index (χ0v) is 11.8. The van der Waals surface area contributed by atoms with E-state index in [1.54, 1.807) is 11.3 Å². The van der Waals surface area contributed by atoms with E-state index in [1.165, 1.54) is 16.1 Å². The van der Waals surface area contributed by atoms with Gasteiger partial charge in [-0.1, -0.05) is 12.1 Å². The number of thiazole rings is 1. The summed E-state index contributed by atoms with van der Waals surface area (Å²) >= 11 is 1.69. The van der Waals surface area contributed by atoms with Crippen LogP contribution in [0.4, 0.5) is 5.69 Å². The van der Waals surface area contributed by atoms with Crippen LogP contribution in [0.2, 0.25) is 0 Å². The van der Waals surface area contributed by atoms with Crippen LogP contribution in [0.3, 0.4) is 0 Å². The predicted molar refractivity (Wildman–Crippen MR) is 76.1 cm³/mol. The smallest absolute Gasteiger partial charge is 0.0798 e. The molecule has 2 aromatic rings. The van der Waals surface area contributed by atoms with Gasteiger partial charge in [-0.2, -0.15) is 0 Å². The third-order valence-corrected chi connectivity index (χ3v) is 4.00. The largest absolute Gasteiger partial charge is 0.392 e. The fourth-order valence-corrected chi connectivity index (χ4v) is 2.85. The normalized spacial score (nSPS) is 10.7. The van der Waals surface area contributed by atoms with Gasteiger partial charge in [0.15, 0.2) is 0 Å². The van der Waals surface area contributed by atoms with Crippen molar-refractivity contribution >= 4 is 17.0 Å². The molecule has 96 valence electrons. The Kier molecular flexibility index (Phi) is 3.99. The molecule has 18 heavy (non-hydrogen) atoms. The molecule has 4 heteroatoms. The van der Waals surface area contributed by atoms with Gasteiger partial charge in [-0.3, -0.25) is 0 Å². The molecule has 1 heterocycles. The van der Waals surface area contributed by atoms with Gasteiger partial charge in [0.25, 0.3) is 0 Å². The number of nitrogens with zero attached hydrogens (tertiary/aromatic N) is 2. The topological polar surface area (TPSA) is 36.4 Å². The Hall–Kier alpha value is -1.39. The standard InChI is InChI=1S/C14H18N2OS/c1-10-6-12(8-17)4-5-13(10)16(3)7-14-11(2)15-9-18-14/h4-6,9,17H,7-8H2,1-3H3. The van der Waals surface area contributed by atoms with Crippen LogP contribution in [0, 0.1) is 13.8 Å². The molecule has 2 rings (SSSR count). The van der Waals surface area contributed by atoms with Crippen LogP contribution in [-0.2, 0) is 13.2 Å². The van der Waals surface area contributed by atoms with Gasteiger partial charge in [0, 0.05) is 17.6 Å². The van der Waals surface area contributed by atoms with Gasteiger partial charge in [0.2, 0.25) is 0 Å². The fourth-order valence-electron chi connectivity index (χ4n) is 2.02. The van der Waals surface area contributed by atoms with Crippen LogP contribution >= 0.6 is 11.3 Å². The first kappa shape index (κ1) is 13.1. The van der Waals surface area contributed by atoms with E-state index in [2.05, 4.69) is 29.9 Å². The van der Waals surface area contributed by atoms with Crippen molar-refractivity contribution in [2.75, 3.05) is 11.9 Å². The summed E-state index contributed by atoms with van der Waals surface area (Å²) in [5, 5.41) is 9.12. The molecule has 0 amide bonds. The minimum Gasteiger partial charge on any atom is -0.392 e. The summed E-state index contributed by atoms with van der Waals surface area (Å²) in [5.74, 6) is 0. The predicted octanol–water partition coefficient (Wildman–Crippen LogP) is 2.89. The highest BCUT2D eigenvalue weighted by Gasteiger charge is 2.09. The molecule has 0 saturated carbocycles. The van der Waals surface area contributed by atoms with E-state index >= 15 is 0 Å².